The molecular formula is C12H25N3O2S. The summed E-state index contributed by atoms with van der Waals surface area (Å²) >= 11 is 0. The van der Waals surface area contributed by atoms with E-state index in [1.807, 2.05) is 31.9 Å². The van der Waals surface area contributed by atoms with Crippen molar-refractivity contribution in [2.45, 2.75) is 40.2 Å². The lowest BCUT2D eigenvalue weighted by atomic mass is 10.2. The molecule has 106 valence electrons. The molecule has 2 N–H and O–H groups in total. The van der Waals surface area contributed by atoms with Crippen molar-refractivity contribution < 1.29 is 8.42 Å². The Hall–Kier alpha value is -0.880. The second-order valence-electron chi connectivity index (χ2n) is 4.52. The zero-order valence-corrected chi connectivity index (χ0v) is 12.8. The maximum absolute atomic E-state index is 11.2. The first-order valence-electron chi connectivity index (χ1n) is 6.14. The second-order valence-corrected chi connectivity index (χ2v) is 6.30. The normalized spacial score (nSPS) is 14.4. The molecule has 0 radical (unpaired) electrons. The summed E-state index contributed by atoms with van der Waals surface area (Å²) in [5.41, 5.74) is 1.42. The summed E-state index contributed by atoms with van der Waals surface area (Å²) in [5.74, 6) is 0. The highest BCUT2D eigenvalue weighted by Gasteiger charge is 2.14. The molecule has 6 heteroatoms. The van der Waals surface area contributed by atoms with E-state index in [-0.39, 0.29) is 6.04 Å². The Morgan fingerprint density at radius 3 is 2.28 bits per heavy atom. The van der Waals surface area contributed by atoms with E-state index in [0.717, 1.165) is 18.5 Å². The zero-order valence-electron chi connectivity index (χ0n) is 11.9. The summed E-state index contributed by atoms with van der Waals surface area (Å²) in [5, 5.41) is 7.53. The lowest BCUT2D eigenvalue weighted by Gasteiger charge is -2.25. The number of hydrogen-bond donors (Lipinski definition) is 2. The molecule has 0 aliphatic heterocycles. The molecular weight excluding hydrogens is 250 g/mol. The summed E-state index contributed by atoms with van der Waals surface area (Å²) in [6.07, 6.45) is 3.82. The van der Waals surface area contributed by atoms with Gasteiger partial charge in [-0.1, -0.05) is 6.92 Å². The predicted molar refractivity (Wildman–Crippen MR) is 76.5 cm³/mol. The predicted octanol–water partition coefficient (Wildman–Crippen LogP) is 1.58. The van der Waals surface area contributed by atoms with Crippen LogP contribution in [-0.4, -0.2) is 44.4 Å². The lowest BCUT2D eigenvalue weighted by molar-refractivity contribution is 0.345. The molecule has 0 rings (SSSR count). The SMILES string of the molecule is CC[C@H](CN(/C=C(\C)C(C)=N)CC)NS(C)(=O)=O. The number of hydrogen-bond acceptors (Lipinski definition) is 4. The number of nitrogens with one attached hydrogen (secondary N) is 2. The number of nitrogens with zero attached hydrogens (tertiary/aromatic N) is 1. The molecule has 0 amide bonds. The summed E-state index contributed by atoms with van der Waals surface area (Å²) in [6.45, 7) is 8.99. The van der Waals surface area contributed by atoms with E-state index in [2.05, 4.69) is 4.72 Å². The van der Waals surface area contributed by atoms with Gasteiger partial charge in [0.1, 0.15) is 0 Å². The molecule has 0 spiro atoms. The van der Waals surface area contributed by atoms with Gasteiger partial charge in [-0.05, 0) is 32.8 Å². The Morgan fingerprint density at radius 1 is 1.39 bits per heavy atom. The van der Waals surface area contributed by atoms with Crippen molar-refractivity contribution in [2.75, 3.05) is 19.3 Å². The van der Waals surface area contributed by atoms with Crippen molar-refractivity contribution >= 4 is 15.7 Å². The Balaban J connectivity index is 4.69. The van der Waals surface area contributed by atoms with Gasteiger partial charge in [-0.25, -0.2) is 13.1 Å². The van der Waals surface area contributed by atoms with Crippen LogP contribution in [0.2, 0.25) is 0 Å². The first kappa shape index (κ1) is 17.1. The molecule has 0 saturated heterocycles. The number of rotatable bonds is 8. The molecule has 1 atom stereocenters. The summed E-state index contributed by atoms with van der Waals surface area (Å²) in [6, 6.07) is -0.102. The first-order valence-corrected chi connectivity index (χ1v) is 8.04. The van der Waals surface area contributed by atoms with E-state index in [4.69, 9.17) is 5.41 Å². The smallest absolute Gasteiger partial charge is 0.209 e. The van der Waals surface area contributed by atoms with Crippen LogP contribution < -0.4 is 4.72 Å². The maximum Gasteiger partial charge on any atom is 0.209 e. The Kier molecular flexibility index (Phi) is 7.16. The van der Waals surface area contributed by atoms with E-state index in [1.165, 1.54) is 6.26 Å². The standard InChI is InChI=1S/C12H25N3O2S/c1-6-12(14-18(5,16)17)9-15(7-2)8-10(3)11(4)13/h8,12-14H,6-7,9H2,1-5H3/b10-8+,13-11?/t12-/m1/s1. The number of allylic oxidation sites excluding steroid dienone is 1. The fourth-order valence-corrected chi connectivity index (χ4v) is 2.33. The van der Waals surface area contributed by atoms with Gasteiger partial charge in [0.2, 0.25) is 10.0 Å². The van der Waals surface area contributed by atoms with Crippen molar-refractivity contribution in [3.63, 3.8) is 0 Å². The topological polar surface area (TPSA) is 73.3 Å². The third-order valence-electron chi connectivity index (χ3n) is 2.70. The number of sulfonamides is 1. The van der Waals surface area contributed by atoms with Gasteiger partial charge in [-0.3, -0.25) is 0 Å². The average molecular weight is 275 g/mol. The van der Waals surface area contributed by atoms with Crippen LogP contribution in [0.15, 0.2) is 11.8 Å². The van der Waals surface area contributed by atoms with Crippen LogP contribution >= 0.6 is 0 Å². The molecule has 0 aliphatic rings. The highest BCUT2D eigenvalue weighted by molar-refractivity contribution is 7.88. The van der Waals surface area contributed by atoms with Crippen LogP contribution in [0.5, 0.6) is 0 Å². The fraction of sp³-hybridized carbons (Fsp3) is 0.750. The zero-order chi connectivity index (χ0) is 14.3. The molecule has 0 bridgehead atoms. The Labute approximate surface area is 111 Å². The summed E-state index contributed by atoms with van der Waals surface area (Å²) < 4.78 is 25.1. The van der Waals surface area contributed by atoms with Crippen molar-refractivity contribution in [2.24, 2.45) is 0 Å². The first-order chi connectivity index (χ1) is 8.19. The van der Waals surface area contributed by atoms with Gasteiger partial charge in [0.05, 0.1) is 6.26 Å². The van der Waals surface area contributed by atoms with Crippen LogP contribution in [0.1, 0.15) is 34.1 Å². The molecule has 0 aromatic heterocycles. The van der Waals surface area contributed by atoms with E-state index in [9.17, 15) is 8.42 Å². The molecule has 5 nitrogen and oxygen atoms in total. The van der Waals surface area contributed by atoms with E-state index >= 15 is 0 Å². The third kappa shape index (κ3) is 7.45. The molecule has 0 saturated carbocycles. The van der Waals surface area contributed by atoms with Gasteiger partial charge >= 0.3 is 0 Å². The van der Waals surface area contributed by atoms with E-state index in [0.29, 0.717) is 12.3 Å². The van der Waals surface area contributed by atoms with E-state index in [1.54, 1.807) is 6.92 Å². The fourth-order valence-electron chi connectivity index (χ4n) is 1.48. The van der Waals surface area contributed by atoms with Gasteiger partial charge in [0, 0.05) is 31.0 Å². The second kappa shape index (κ2) is 7.53. The van der Waals surface area contributed by atoms with Crippen LogP contribution in [0.3, 0.4) is 0 Å². The van der Waals surface area contributed by atoms with Crippen molar-refractivity contribution in [1.82, 2.24) is 9.62 Å². The highest BCUT2D eigenvalue weighted by Crippen LogP contribution is 2.03. The minimum Gasteiger partial charge on any atom is -0.376 e. The molecule has 0 fully saturated rings. The third-order valence-corrected chi connectivity index (χ3v) is 3.46. The molecule has 0 aromatic carbocycles. The van der Waals surface area contributed by atoms with Crippen molar-refractivity contribution in [3.8, 4) is 0 Å². The number of likely N-dealkylation sites (N-methyl/N-ethyl adjacent to an activating group) is 1. The maximum atomic E-state index is 11.2. The van der Waals surface area contributed by atoms with Crippen molar-refractivity contribution in [1.29, 1.82) is 5.41 Å². The van der Waals surface area contributed by atoms with Gasteiger partial charge < -0.3 is 10.3 Å². The monoisotopic (exact) mass is 275 g/mol. The van der Waals surface area contributed by atoms with Crippen LogP contribution in [-0.2, 0) is 10.0 Å². The average Bonchev–Trinajstić information content (AvgIpc) is 2.24. The van der Waals surface area contributed by atoms with Gasteiger partial charge in [-0.15, -0.1) is 0 Å². The van der Waals surface area contributed by atoms with Crippen LogP contribution in [0, 0.1) is 5.41 Å². The molecule has 0 aliphatic carbocycles. The minimum atomic E-state index is -3.17. The van der Waals surface area contributed by atoms with Gasteiger partial charge in [0.25, 0.3) is 0 Å². The highest BCUT2D eigenvalue weighted by atomic mass is 32.2. The quantitative estimate of drug-likeness (QED) is 0.661. The van der Waals surface area contributed by atoms with Crippen molar-refractivity contribution in [3.05, 3.63) is 11.8 Å². The summed E-state index contributed by atoms with van der Waals surface area (Å²) in [7, 11) is -3.17. The Bertz CT molecular complexity index is 402. The molecule has 0 heterocycles. The lowest BCUT2D eigenvalue weighted by Crippen LogP contribution is -2.41. The van der Waals surface area contributed by atoms with Gasteiger partial charge in [0.15, 0.2) is 0 Å². The molecule has 18 heavy (non-hydrogen) atoms. The van der Waals surface area contributed by atoms with Crippen LogP contribution in [0.25, 0.3) is 0 Å². The Morgan fingerprint density at radius 2 is 1.94 bits per heavy atom. The minimum absolute atomic E-state index is 0.102. The van der Waals surface area contributed by atoms with Gasteiger partial charge in [-0.2, -0.15) is 0 Å². The molecule has 0 aromatic rings. The molecule has 0 unspecified atom stereocenters. The largest absolute Gasteiger partial charge is 0.376 e. The summed E-state index contributed by atoms with van der Waals surface area (Å²) in [4.78, 5) is 2.03. The van der Waals surface area contributed by atoms with Crippen LogP contribution in [0.4, 0.5) is 0 Å². The van der Waals surface area contributed by atoms with E-state index < -0.39 is 10.0 Å².